The predicted octanol–water partition coefficient (Wildman–Crippen LogP) is 3.20. The molecule has 1 aromatic heterocycles. The van der Waals surface area contributed by atoms with E-state index in [2.05, 4.69) is 48.9 Å². The summed E-state index contributed by atoms with van der Waals surface area (Å²) in [5.74, 6) is 0.618. The second-order valence-electron chi connectivity index (χ2n) is 5.87. The quantitative estimate of drug-likeness (QED) is 0.736. The van der Waals surface area contributed by atoms with Crippen molar-refractivity contribution in [2.24, 2.45) is 5.92 Å². The maximum atomic E-state index is 5.70. The van der Waals surface area contributed by atoms with Gasteiger partial charge in [0.1, 0.15) is 0 Å². The Hall–Kier alpha value is -0.930. The zero-order valence-electron chi connectivity index (χ0n) is 12.4. The van der Waals surface area contributed by atoms with Crippen molar-refractivity contribution in [3.05, 3.63) is 29.6 Å². The molecule has 0 amide bonds. The van der Waals surface area contributed by atoms with E-state index in [4.69, 9.17) is 4.74 Å². The number of aryl methyl sites for hydroxylation is 1. The second-order valence-corrected chi connectivity index (χ2v) is 5.87. The highest BCUT2D eigenvalue weighted by Crippen LogP contribution is 2.30. The summed E-state index contributed by atoms with van der Waals surface area (Å²) in [6.45, 7) is 10.3. The van der Waals surface area contributed by atoms with Crippen LogP contribution in [0.1, 0.15) is 44.1 Å². The molecule has 3 nitrogen and oxygen atoms in total. The van der Waals surface area contributed by atoms with E-state index in [1.807, 2.05) is 0 Å². The van der Waals surface area contributed by atoms with Gasteiger partial charge in [0.15, 0.2) is 0 Å². The molecule has 2 heterocycles. The van der Waals surface area contributed by atoms with Crippen LogP contribution >= 0.6 is 0 Å². The van der Waals surface area contributed by atoms with Crippen molar-refractivity contribution in [1.29, 1.82) is 0 Å². The molecule has 1 fully saturated rings. The molecule has 1 aromatic rings. The van der Waals surface area contributed by atoms with Crippen LogP contribution in [0.4, 0.5) is 0 Å². The third kappa shape index (κ3) is 4.29. The van der Waals surface area contributed by atoms with Gasteiger partial charge >= 0.3 is 0 Å². The molecule has 3 heteroatoms. The predicted molar refractivity (Wildman–Crippen MR) is 78.2 cm³/mol. The molecule has 0 radical (unpaired) electrons. The second kappa shape index (κ2) is 7.01. The maximum Gasteiger partial charge on any atom is 0.0593 e. The molecule has 0 aliphatic carbocycles. The Balaban J connectivity index is 1.86. The van der Waals surface area contributed by atoms with Gasteiger partial charge in [-0.2, -0.15) is 0 Å². The number of aromatic nitrogens is 1. The molecule has 1 atom stereocenters. The van der Waals surface area contributed by atoms with E-state index < -0.39 is 0 Å². The van der Waals surface area contributed by atoms with E-state index in [-0.39, 0.29) is 0 Å². The van der Waals surface area contributed by atoms with Crippen molar-refractivity contribution in [3.8, 4) is 0 Å². The highest BCUT2D eigenvalue weighted by Gasteiger charge is 2.26. The van der Waals surface area contributed by atoms with E-state index in [1.54, 1.807) is 0 Å². The van der Waals surface area contributed by atoms with Gasteiger partial charge in [-0.3, -0.25) is 9.88 Å². The fraction of sp³-hybridized carbons (Fsp3) is 0.688. The van der Waals surface area contributed by atoms with E-state index >= 15 is 0 Å². The minimum absolute atomic E-state index is 0.488. The number of rotatable bonds is 6. The molecule has 0 N–H and O–H groups in total. The highest BCUT2D eigenvalue weighted by molar-refractivity contribution is 5.14. The van der Waals surface area contributed by atoms with Crippen molar-refractivity contribution in [3.63, 3.8) is 0 Å². The molecule has 1 aliphatic rings. The normalized spacial score (nSPS) is 20.3. The third-order valence-corrected chi connectivity index (χ3v) is 3.59. The van der Waals surface area contributed by atoms with Crippen LogP contribution in [0, 0.1) is 12.8 Å². The van der Waals surface area contributed by atoms with Gasteiger partial charge < -0.3 is 4.74 Å². The van der Waals surface area contributed by atoms with Crippen molar-refractivity contribution < 1.29 is 4.74 Å². The van der Waals surface area contributed by atoms with Crippen LogP contribution in [0.3, 0.4) is 0 Å². The van der Waals surface area contributed by atoms with E-state index in [0.29, 0.717) is 12.0 Å². The van der Waals surface area contributed by atoms with Crippen molar-refractivity contribution >= 4 is 0 Å². The lowest BCUT2D eigenvalue weighted by Crippen LogP contribution is -2.28. The molecule has 0 spiro atoms. The number of hydrogen-bond acceptors (Lipinski definition) is 3. The fourth-order valence-corrected chi connectivity index (χ4v) is 2.68. The number of nitrogens with zero attached hydrogens (tertiary/aromatic N) is 2. The van der Waals surface area contributed by atoms with Gasteiger partial charge in [-0.05, 0) is 44.4 Å². The average molecular weight is 262 g/mol. The summed E-state index contributed by atoms with van der Waals surface area (Å²) in [4.78, 5) is 7.20. The Bertz CT molecular complexity index is 392. The van der Waals surface area contributed by atoms with E-state index in [1.165, 1.54) is 25.1 Å². The topological polar surface area (TPSA) is 25.4 Å². The molecule has 0 aromatic carbocycles. The average Bonchev–Trinajstić information content (AvgIpc) is 2.83. The molecule has 0 unspecified atom stereocenters. The summed E-state index contributed by atoms with van der Waals surface area (Å²) in [6.07, 6.45) is 2.49. The SMILES string of the molecule is Cc1cccc([C@@H]2CCCN2CCOCC(C)C)n1. The summed E-state index contributed by atoms with van der Waals surface area (Å²) in [5.41, 5.74) is 2.33. The highest BCUT2D eigenvalue weighted by atomic mass is 16.5. The van der Waals surface area contributed by atoms with Gasteiger partial charge in [0, 0.05) is 18.8 Å². The van der Waals surface area contributed by atoms with Crippen LogP contribution in [-0.4, -0.2) is 36.2 Å². The molecule has 0 bridgehead atoms. The number of hydrogen-bond donors (Lipinski definition) is 0. The zero-order chi connectivity index (χ0) is 13.7. The van der Waals surface area contributed by atoms with E-state index in [0.717, 1.165) is 25.5 Å². The number of ether oxygens (including phenoxy) is 1. The summed E-state index contributed by atoms with van der Waals surface area (Å²) in [7, 11) is 0. The molecular formula is C16H26N2O. The lowest BCUT2D eigenvalue weighted by molar-refractivity contribution is 0.0815. The lowest BCUT2D eigenvalue weighted by Gasteiger charge is -2.24. The smallest absolute Gasteiger partial charge is 0.0593 e. The molecule has 19 heavy (non-hydrogen) atoms. The summed E-state index contributed by atoms with van der Waals surface area (Å²) in [5, 5.41) is 0. The first kappa shape index (κ1) is 14.5. The zero-order valence-corrected chi connectivity index (χ0v) is 12.4. The minimum Gasteiger partial charge on any atom is -0.380 e. The molecule has 1 saturated heterocycles. The van der Waals surface area contributed by atoms with Crippen LogP contribution in [0.2, 0.25) is 0 Å². The Kier molecular flexibility index (Phi) is 5.34. The Labute approximate surface area is 117 Å². The Morgan fingerprint density at radius 3 is 3.00 bits per heavy atom. The van der Waals surface area contributed by atoms with Crippen LogP contribution in [-0.2, 0) is 4.74 Å². The van der Waals surface area contributed by atoms with Gasteiger partial charge in [0.25, 0.3) is 0 Å². The minimum atomic E-state index is 0.488. The molecule has 106 valence electrons. The lowest BCUT2D eigenvalue weighted by atomic mass is 10.1. The summed E-state index contributed by atoms with van der Waals surface area (Å²) >= 11 is 0. The molecule has 0 saturated carbocycles. The first-order valence-corrected chi connectivity index (χ1v) is 7.42. The number of pyridine rings is 1. The molecular weight excluding hydrogens is 236 g/mol. The van der Waals surface area contributed by atoms with Crippen LogP contribution in [0.5, 0.6) is 0 Å². The van der Waals surface area contributed by atoms with Crippen LogP contribution in [0.25, 0.3) is 0 Å². The van der Waals surface area contributed by atoms with Gasteiger partial charge in [-0.25, -0.2) is 0 Å². The summed E-state index contributed by atoms with van der Waals surface area (Å²) < 4.78 is 5.70. The van der Waals surface area contributed by atoms with E-state index in [9.17, 15) is 0 Å². The summed E-state index contributed by atoms with van der Waals surface area (Å²) in [6, 6.07) is 6.82. The third-order valence-electron chi connectivity index (χ3n) is 3.59. The largest absolute Gasteiger partial charge is 0.380 e. The first-order valence-electron chi connectivity index (χ1n) is 7.42. The van der Waals surface area contributed by atoms with Gasteiger partial charge in [-0.1, -0.05) is 19.9 Å². The van der Waals surface area contributed by atoms with Crippen molar-refractivity contribution in [2.45, 2.75) is 39.7 Å². The molecule has 2 rings (SSSR count). The monoisotopic (exact) mass is 262 g/mol. The standard InChI is InChI=1S/C16H26N2O/c1-13(2)12-19-11-10-18-9-5-8-16(18)15-7-4-6-14(3)17-15/h4,6-7,13,16H,5,8-12H2,1-3H3/t16-/m0/s1. The van der Waals surface area contributed by atoms with Gasteiger partial charge in [-0.15, -0.1) is 0 Å². The first-order chi connectivity index (χ1) is 9.16. The Morgan fingerprint density at radius 2 is 2.26 bits per heavy atom. The van der Waals surface area contributed by atoms with Crippen molar-refractivity contribution in [2.75, 3.05) is 26.3 Å². The van der Waals surface area contributed by atoms with Crippen LogP contribution in [0.15, 0.2) is 18.2 Å². The maximum absolute atomic E-state index is 5.70. The van der Waals surface area contributed by atoms with Gasteiger partial charge in [0.05, 0.1) is 18.3 Å². The Morgan fingerprint density at radius 1 is 1.42 bits per heavy atom. The van der Waals surface area contributed by atoms with Gasteiger partial charge in [0.2, 0.25) is 0 Å². The van der Waals surface area contributed by atoms with Crippen LogP contribution < -0.4 is 0 Å². The molecule has 1 aliphatic heterocycles. The number of likely N-dealkylation sites (tertiary alicyclic amines) is 1. The van der Waals surface area contributed by atoms with Crippen molar-refractivity contribution in [1.82, 2.24) is 9.88 Å². The fourth-order valence-electron chi connectivity index (χ4n) is 2.68.